The van der Waals surface area contributed by atoms with Crippen LogP contribution in [-0.4, -0.2) is 10.9 Å². The zero-order valence-electron chi connectivity index (χ0n) is 9.76. The number of rotatable bonds is 2. The van der Waals surface area contributed by atoms with Crippen molar-refractivity contribution in [1.29, 1.82) is 0 Å². The molecule has 0 saturated heterocycles. The third kappa shape index (κ3) is 1.96. The number of carbonyl (C=O) groups excluding carboxylic acids is 1. The van der Waals surface area contributed by atoms with Gasteiger partial charge in [-0.2, -0.15) is 0 Å². The summed E-state index contributed by atoms with van der Waals surface area (Å²) in [5.41, 5.74) is 7.16. The molecule has 1 aromatic carbocycles. The second-order valence-corrected chi connectivity index (χ2v) is 4.46. The van der Waals surface area contributed by atoms with E-state index in [1.807, 2.05) is 18.2 Å². The van der Waals surface area contributed by atoms with Crippen LogP contribution in [0.15, 0.2) is 47.0 Å². The van der Waals surface area contributed by atoms with Gasteiger partial charge in [0.25, 0.3) is 5.91 Å². The molecule has 0 unspecified atom stereocenters. The average Bonchev–Trinajstić information content (AvgIpc) is 2.79. The number of amides is 1. The van der Waals surface area contributed by atoms with Gasteiger partial charge in [0.05, 0.1) is 16.3 Å². The summed E-state index contributed by atoms with van der Waals surface area (Å²) in [5, 5.41) is 1.32. The van der Waals surface area contributed by atoms with Gasteiger partial charge >= 0.3 is 0 Å². The molecule has 2 aromatic heterocycles. The zero-order chi connectivity index (χ0) is 13.4. The fourth-order valence-electron chi connectivity index (χ4n) is 2.00. The first-order valence-electron chi connectivity index (χ1n) is 5.60. The summed E-state index contributed by atoms with van der Waals surface area (Å²) < 4.78 is 5.50. The Morgan fingerprint density at radius 3 is 2.68 bits per heavy atom. The zero-order valence-corrected chi connectivity index (χ0v) is 10.5. The van der Waals surface area contributed by atoms with Crippen LogP contribution in [0.5, 0.6) is 0 Å². The number of benzene rings is 1. The molecule has 0 bridgehead atoms. The van der Waals surface area contributed by atoms with Crippen molar-refractivity contribution >= 4 is 28.5 Å². The second kappa shape index (κ2) is 4.40. The molecular weight excluding hydrogens is 264 g/mol. The summed E-state index contributed by atoms with van der Waals surface area (Å²) >= 11 is 5.82. The van der Waals surface area contributed by atoms with Crippen LogP contribution in [0.1, 0.15) is 10.6 Å². The number of aromatic nitrogens is 1. The van der Waals surface area contributed by atoms with E-state index in [2.05, 4.69) is 4.98 Å². The van der Waals surface area contributed by atoms with Gasteiger partial charge < -0.3 is 10.2 Å². The lowest BCUT2D eigenvalue weighted by Crippen LogP contribution is -2.11. The van der Waals surface area contributed by atoms with E-state index in [1.54, 1.807) is 18.2 Å². The van der Waals surface area contributed by atoms with Gasteiger partial charge in [-0.05, 0) is 18.2 Å². The smallest absolute Gasteiger partial charge is 0.285 e. The first kappa shape index (κ1) is 11.7. The third-order valence-electron chi connectivity index (χ3n) is 2.80. The summed E-state index contributed by atoms with van der Waals surface area (Å²) in [6.45, 7) is 0. The number of primary amides is 1. The van der Waals surface area contributed by atoms with Crippen LogP contribution >= 0.6 is 11.6 Å². The molecule has 19 heavy (non-hydrogen) atoms. The largest absolute Gasteiger partial charge is 0.450 e. The molecule has 94 valence electrons. The maximum Gasteiger partial charge on any atom is 0.285 e. The molecule has 4 nitrogen and oxygen atoms in total. The maximum atomic E-state index is 11.5. The van der Waals surface area contributed by atoms with E-state index in [0.29, 0.717) is 21.9 Å². The molecule has 0 aliphatic heterocycles. The Hall–Kier alpha value is -2.33. The molecule has 0 fully saturated rings. The molecule has 0 radical (unpaired) electrons. The molecule has 2 N–H and O–H groups in total. The average molecular weight is 273 g/mol. The molecular formula is C14H9ClN2O2. The van der Waals surface area contributed by atoms with E-state index in [-0.39, 0.29) is 5.76 Å². The normalized spacial score (nSPS) is 10.8. The number of para-hydroxylation sites is 1. The summed E-state index contributed by atoms with van der Waals surface area (Å²) in [6.07, 6.45) is 1.52. The van der Waals surface area contributed by atoms with E-state index < -0.39 is 5.91 Å². The van der Waals surface area contributed by atoms with Crippen molar-refractivity contribution < 1.29 is 9.21 Å². The molecule has 0 atom stereocenters. The number of hydrogen-bond acceptors (Lipinski definition) is 3. The predicted molar refractivity (Wildman–Crippen MR) is 73.0 cm³/mol. The van der Waals surface area contributed by atoms with Gasteiger partial charge in [0, 0.05) is 11.6 Å². The lowest BCUT2D eigenvalue weighted by molar-refractivity contribution is 0.0977. The van der Waals surface area contributed by atoms with Crippen molar-refractivity contribution in [1.82, 2.24) is 4.98 Å². The van der Waals surface area contributed by atoms with Crippen LogP contribution in [0.2, 0.25) is 5.02 Å². The summed E-state index contributed by atoms with van der Waals surface area (Å²) in [6, 6.07) is 10.8. The van der Waals surface area contributed by atoms with Crippen molar-refractivity contribution in [3.8, 4) is 11.3 Å². The minimum atomic E-state index is -0.622. The van der Waals surface area contributed by atoms with Crippen LogP contribution in [0, 0.1) is 0 Å². The van der Waals surface area contributed by atoms with Crippen LogP contribution in [0.4, 0.5) is 0 Å². The van der Waals surface area contributed by atoms with Crippen LogP contribution in [0.3, 0.4) is 0 Å². The summed E-state index contributed by atoms with van der Waals surface area (Å²) in [7, 11) is 0. The molecule has 3 rings (SSSR count). The number of hydrogen-bond donors (Lipinski definition) is 1. The van der Waals surface area contributed by atoms with E-state index in [0.717, 1.165) is 5.39 Å². The molecule has 0 aliphatic rings. The third-order valence-corrected chi connectivity index (χ3v) is 3.03. The minimum Gasteiger partial charge on any atom is -0.450 e. The highest BCUT2D eigenvalue weighted by atomic mass is 35.5. The number of pyridine rings is 1. The van der Waals surface area contributed by atoms with E-state index in [4.69, 9.17) is 21.8 Å². The lowest BCUT2D eigenvalue weighted by Gasteiger charge is -2.00. The second-order valence-electron chi connectivity index (χ2n) is 4.03. The van der Waals surface area contributed by atoms with Gasteiger partial charge in [-0.15, -0.1) is 0 Å². The van der Waals surface area contributed by atoms with Crippen LogP contribution in [-0.2, 0) is 0 Å². The number of nitrogens with two attached hydrogens (primary N) is 1. The molecule has 0 spiro atoms. The summed E-state index contributed by atoms with van der Waals surface area (Å²) in [4.78, 5) is 15.7. The number of carbonyl (C=O) groups is 1. The van der Waals surface area contributed by atoms with Gasteiger partial charge in [-0.1, -0.05) is 29.8 Å². The van der Waals surface area contributed by atoms with Gasteiger partial charge in [0.2, 0.25) is 5.76 Å². The molecule has 0 aliphatic carbocycles. The SMILES string of the molecule is NC(=O)c1oc2ccccc2c1-c1ccc(Cl)cn1. The van der Waals surface area contributed by atoms with E-state index in [9.17, 15) is 4.79 Å². The Bertz CT molecular complexity index is 763. The standard InChI is InChI=1S/C14H9ClN2O2/c15-8-5-6-10(17-7-8)12-9-3-1-2-4-11(9)19-13(12)14(16)18/h1-7H,(H2,16,18). The number of halogens is 1. The quantitative estimate of drug-likeness (QED) is 0.778. The van der Waals surface area contributed by atoms with E-state index in [1.165, 1.54) is 6.20 Å². The topological polar surface area (TPSA) is 69.1 Å². The number of furan rings is 1. The van der Waals surface area contributed by atoms with Crippen LogP contribution < -0.4 is 5.73 Å². The van der Waals surface area contributed by atoms with Crippen LogP contribution in [0.25, 0.3) is 22.2 Å². The summed E-state index contributed by atoms with van der Waals surface area (Å²) in [5.74, 6) is -0.515. The van der Waals surface area contributed by atoms with Crippen molar-refractivity contribution in [2.75, 3.05) is 0 Å². The molecule has 0 saturated carbocycles. The number of fused-ring (bicyclic) bond motifs is 1. The van der Waals surface area contributed by atoms with Crippen molar-refractivity contribution in [2.45, 2.75) is 0 Å². The monoisotopic (exact) mass is 272 g/mol. The van der Waals surface area contributed by atoms with Gasteiger partial charge in [0.1, 0.15) is 5.58 Å². The molecule has 3 aromatic rings. The fraction of sp³-hybridized carbons (Fsp3) is 0. The number of nitrogens with zero attached hydrogens (tertiary/aromatic N) is 1. The van der Waals surface area contributed by atoms with E-state index >= 15 is 0 Å². The van der Waals surface area contributed by atoms with Crippen molar-refractivity contribution in [3.63, 3.8) is 0 Å². The highest BCUT2D eigenvalue weighted by Gasteiger charge is 2.20. The minimum absolute atomic E-state index is 0.107. The van der Waals surface area contributed by atoms with Gasteiger partial charge in [0.15, 0.2) is 0 Å². The molecule has 5 heteroatoms. The first-order valence-corrected chi connectivity index (χ1v) is 5.98. The van der Waals surface area contributed by atoms with Gasteiger partial charge in [-0.25, -0.2) is 0 Å². The lowest BCUT2D eigenvalue weighted by atomic mass is 10.1. The Labute approximate surface area is 113 Å². The van der Waals surface area contributed by atoms with Gasteiger partial charge in [-0.3, -0.25) is 9.78 Å². The first-order chi connectivity index (χ1) is 9.16. The molecule has 1 amide bonds. The predicted octanol–water partition coefficient (Wildman–Crippen LogP) is 3.25. The fourth-order valence-corrected chi connectivity index (χ4v) is 2.11. The Kier molecular flexibility index (Phi) is 2.72. The Morgan fingerprint density at radius 2 is 2.00 bits per heavy atom. The maximum absolute atomic E-state index is 11.5. The Balaban J connectivity index is 2.34. The van der Waals surface area contributed by atoms with Crippen molar-refractivity contribution in [3.05, 3.63) is 53.4 Å². The highest BCUT2D eigenvalue weighted by Crippen LogP contribution is 2.33. The highest BCUT2D eigenvalue weighted by molar-refractivity contribution is 6.30. The Morgan fingerprint density at radius 1 is 1.21 bits per heavy atom. The van der Waals surface area contributed by atoms with Crippen molar-refractivity contribution in [2.24, 2.45) is 5.73 Å². The molecule has 2 heterocycles.